The molecule has 0 fully saturated rings. The van der Waals surface area contributed by atoms with E-state index in [4.69, 9.17) is 18.9 Å². The number of aryl methyl sites for hydroxylation is 4. The number of benzene rings is 4. The molecule has 0 saturated heterocycles. The lowest BCUT2D eigenvalue weighted by molar-refractivity contribution is 0.0555. The minimum atomic E-state index is -0.618. The summed E-state index contributed by atoms with van der Waals surface area (Å²) in [6.07, 6.45) is 2.90. The van der Waals surface area contributed by atoms with Gasteiger partial charge in [-0.15, -0.1) is 0 Å². The highest BCUT2D eigenvalue weighted by atomic mass is 16.5. The molecule has 0 aliphatic heterocycles. The molecule has 0 spiro atoms. The fourth-order valence-corrected chi connectivity index (χ4v) is 5.65. The highest BCUT2D eigenvalue weighted by Gasteiger charge is 2.22. The van der Waals surface area contributed by atoms with E-state index in [-0.39, 0.29) is 22.3 Å². The molecule has 8 heteroatoms. The quantitative estimate of drug-likeness (QED) is 0.197. The van der Waals surface area contributed by atoms with Crippen molar-refractivity contribution in [1.82, 2.24) is 0 Å². The molecule has 4 aromatic carbocycles. The van der Waals surface area contributed by atoms with Gasteiger partial charge in [-0.3, -0.25) is 0 Å². The Morgan fingerprint density at radius 2 is 0.795 bits per heavy atom. The lowest BCUT2D eigenvalue weighted by Crippen LogP contribution is -2.12. The van der Waals surface area contributed by atoms with Crippen LogP contribution in [0, 0.1) is 0 Å². The zero-order valence-electron chi connectivity index (χ0n) is 25.0. The number of carbonyl (C=O) groups is 4. The summed E-state index contributed by atoms with van der Waals surface area (Å²) in [6.45, 7) is 0. The Labute approximate surface area is 255 Å². The molecule has 224 valence electrons. The van der Waals surface area contributed by atoms with E-state index >= 15 is 0 Å². The van der Waals surface area contributed by atoms with Crippen molar-refractivity contribution in [3.63, 3.8) is 0 Å². The molecule has 8 rings (SSSR count). The predicted molar refractivity (Wildman–Crippen MR) is 164 cm³/mol. The average Bonchev–Trinajstić information content (AvgIpc) is 3.07. The summed E-state index contributed by atoms with van der Waals surface area (Å²) < 4.78 is 19.7. The van der Waals surface area contributed by atoms with Crippen LogP contribution >= 0.6 is 0 Å². The molecule has 0 atom stereocenters. The van der Waals surface area contributed by atoms with E-state index in [0.717, 1.165) is 57.3 Å². The number of carbonyl (C=O) groups excluding carboxylic acids is 4. The first-order valence-corrected chi connectivity index (χ1v) is 14.1. The van der Waals surface area contributed by atoms with E-state index in [9.17, 15) is 19.2 Å². The van der Waals surface area contributed by atoms with E-state index in [1.165, 1.54) is 28.4 Å². The molecule has 0 amide bonds. The summed E-state index contributed by atoms with van der Waals surface area (Å²) in [5.74, 6) is -2.46. The van der Waals surface area contributed by atoms with Gasteiger partial charge in [-0.25, -0.2) is 19.2 Å². The zero-order valence-corrected chi connectivity index (χ0v) is 25.0. The lowest BCUT2D eigenvalue weighted by atomic mass is 9.86. The molecule has 4 aliphatic carbocycles. The van der Waals surface area contributed by atoms with Gasteiger partial charge in [0.2, 0.25) is 0 Å². The first-order valence-electron chi connectivity index (χ1n) is 14.1. The number of ether oxygens (including phenoxy) is 4. The van der Waals surface area contributed by atoms with Crippen molar-refractivity contribution in [3.8, 4) is 22.3 Å². The highest BCUT2D eigenvalue weighted by molar-refractivity contribution is 6.05. The van der Waals surface area contributed by atoms with Gasteiger partial charge in [-0.05, 0) is 94.5 Å². The van der Waals surface area contributed by atoms with Crippen LogP contribution in [0.4, 0.5) is 0 Å². The van der Waals surface area contributed by atoms with Crippen LogP contribution in [-0.4, -0.2) is 52.3 Å². The van der Waals surface area contributed by atoms with Crippen molar-refractivity contribution in [2.75, 3.05) is 28.4 Å². The van der Waals surface area contributed by atoms with Gasteiger partial charge in [-0.2, -0.15) is 0 Å². The Kier molecular flexibility index (Phi) is 8.90. The van der Waals surface area contributed by atoms with Crippen molar-refractivity contribution >= 4 is 23.9 Å². The zero-order chi connectivity index (χ0) is 31.4. The second-order valence-electron chi connectivity index (χ2n) is 10.5. The van der Waals surface area contributed by atoms with Crippen LogP contribution in [0.1, 0.15) is 63.7 Å². The van der Waals surface area contributed by atoms with Crippen LogP contribution in [-0.2, 0) is 44.6 Å². The Bertz CT molecular complexity index is 1650. The van der Waals surface area contributed by atoms with Crippen molar-refractivity contribution in [3.05, 3.63) is 117 Å². The number of methoxy groups -OCH3 is 4. The maximum atomic E-state index is 12.6. The molecule has 0 unspecified atom stereocenters. The first-order chi connectivity index (χ1) is 21.3. The molecule has 0 radical (unpaired) electrons. The van der Waals surface area contributed by atoms with Gasteiger partial charge >= 0.3 is 23.9 Å². The second kappa shape index (κ2) is 13.0. The molecule has 4 bridgehead atoms. The Hall–Kier alpha value is -5.24. The number of rotatable bonds is 6. The molecule has 44 heavy (non-hydrogen) atoms. The topological polar surface area (TPSA) is 105 Å². The molecule has 8 nitrogen and oxygen atoms in total. The summed E-state index contributed by atoms with van der Waals surface area (Å²) in [6, 6.07) is 23.0. The minimum absolute atomic E-state index is 0.142. The smallest absolute Gasteiger partial charge is 0.338 e. The van der Waals surface area contributed by atoms with Crippen molar-refractivity contribution in [1.29, 1.82) is 0 Å². The second-order valence-corrected chi connectivity index (χ2v) is 10.5. The molecule has 0 aromatic heterocycles. The number of esters is 4. The van der Waals surface area contributed by atoms with E-state index in [2.05, 4.69) is 36.4 Å². The molecular weight excluding hydrogens is 560 g/mol. The summed E-state index contributed by atoms with van der Waals surface area (Å²) in [4.78, 5) is 50.0. The van der Waals surface area contributed by atoms with E-state index in [0.29, 0.717) is 12.8 Å². The molecule has 4 aliphatic rings. The van der Waals surface area contributed by atoms with Gasteiger partial charge in [0.15, 0.2) is 0 Å². The van der Waals surface area contributed by atoms with Gasteiger partial charge in [0.1, 0.15) is 0 Å². The Morgan fingerprint density at radius 1 is 0.432 bits per heavy atom. The summed E-state index contributed by atoms with van der Waals surface area (Å²) in [5.41, 5.74) is 8.49. The minimum Gasteiger partial charge on any atom is -0.465 e. The normalized spacial score (nSPS) is 12.1. The van der Waals surface area contributed by atoms with Crippen molar-refractivity contribution < 1.29 is 38.1 Å². The average molecular weight is 593 g/mol. The Balaban J connectivity index is 1.58. The summed E-state index contributed by atoms with van der Waals surface area (Å²) in [5, 5.41) is 0. The van der Waals surface area contributed by atoms with Crippen LogP contribution in [0.5, 0.6) is 0 Å². The van der Waals surface area contributed by atoms with E-state index in [1.807, 2.05) is 12.1 Å². The van der Waals surface area contributed by atoms with Gasteiger partial charge < -0.3 is 18.9 Å². The van der Waals surface area contributed by atoms with E-state index < -0.39 is 23.9 Å². The maximum Gasteiger partial charge on any atom is 0.338 e. The number of hydrogen-bond donors (Lipinski definition) is 0. The molecule has 4 aromatic rings. The van der Waals surface area contributed by atoms with Crippen molar-refractivity contribution in [2.24, 2.45) is 0 Å². The van der Waals surface area contributed by atoms with Gasteiger partial charge in [0.05, 0.1) is 50.7 Å². The molecule has 0 heterocycles. The van der Waals surface area contributed by atoms with Crippen LogP contribution in [0.25, 0.3) is 22.3 Å². The largest absolute Gasteiger partial charge is 0.465 e. The molecule has 0 saturated carbocycles. The summed E-state index contributed by atoms with van der Waals surface area (Å²) >= 11 is 0. The molecular formula is C36H32O8. The van der Waals surface area contributed by atoms with Gasteiger partial charge in [-0.1, -0.05) is 48.5 Å². The molecule has 0 N–H and O–H groups in total. The fraction of sp³-hybridized carbons (Fsp3) is 0.222. The van der Waals surface area contributed by atoms with Crippen LogP contribution < -0.4 is 0 Å². The standard InChI is InChI=1S/C36H32O8/c1-41-33(37)27-15-13-25(19-31(27)35(39)43-3)29-17-21-5-6-22-8-10-24(12-11-23(29)9-7-21)30(18-22)26-14-16-28(34(38)42-2)32(20-26)36(40)44-4/h7-10,13-20H,5-6,11-12H2,1-4H3. The lowest BCUT2D eigenvalue weighted by Gasteiger charge is -2.18. The number of hydrogen-bond acceptors (Lipinski definition) is 8. The van der Waals surface area contributed by atoms with E-state index in [1.54, 1.807) is 24.3 Å². The fourth-order valence-electron chi connectivity index (χ4n) is 5.65. The van der Waals surface area contributed by atoms with Gasteiger partial charge in [0, 0.05) is 0 Å². The predicted octanol–water partition coefficient (Wildman–Crippen LogP) is 6.05. The third kappa shape index (κ3) is 5.97. The highest BCUT2D eigenvalue weighted by Crippen LogP contribution is 2.33. The van der Waals surface area contributed by atoms with Crippen LogP contribution in [0.2, 0.25) is 0 Å². The van der Waals surface area contributed by atoms with Gasteiger partial charge in [0.25, 0.3) is 0 Å². The SMILES string of the molecule is COC(=O)c1ccc(-c2cc3ccc2CCc2ccc(cc2-c2ccc(C(=O)OC)c(C(=O)OC)c2)CC3)cc1C(=O)OC. The third-order valence-electron chi connectivity index (χ3n) is 8.00. The van der Waals surface area contributed by atoms with Crippen molar-refractivity contribution in [2.45, 2.75) is 25.7 Å². The third-order valence-corrected chi connectivity index (χ3v) is 8.00. The van der Waals surface area contributed by atoms with Crippen LogP contribution in [0.15, 0.2) is 72.8 Å². The summed E-state index contributed by atoms with van der Waals surface area (Å²) in [7, 11) is 5.10. The van der Waals surface area contributed by atoms with Crippen LogP contribution in [0.3, 0.4) is 0 Å². The monoisotopic (exact) mass is 592 g/mol. The first kappa shape index (κ1) is 30.2. The Morgan fingerprint density at radius 3 is 1.16 bits per heavy atom. The maximum absolute atomic E-state index is 12.6.